The number of hydrogen-bond donors (Lipinski definition) is 1. The summed E-state index contributed by atoms with van der Waals surface area (Å²) in [6.45, 7) is 1.97. The highest BCUT2D eigenvalue weighted by Crippen LogP contribution is 2.19. The lowest BCUT2D eigenvalue weighted by molar-refractivity contribution is -0.132. The minimum atomic E-state index is -0.279. The summed E-state index contributed by atoms with van der Waals surface area (Å²) in [5.74, 6) is 0.00690. The Kier molecular flexibility index (Phi) is 3.19. The SMILES string of the molecule is N#CCN1CCOCC1C(=O)NC1CC1. The van der Waals surface area contributed by atoms with Gasteiger partial charge in [0.2, 0.25) is 5.91 Å². The van der Waals surface area contributed by atoms with E-state index in [1.54, 1.807) is 0 Å². The number of nitriles is 1. The number of amides is 1. The van der Waals surface area contributed by atoms with Crippen molar-refractivity contribution in [3.8, 4) is 6.07 Å². The Labute approximate surface area is 89.0 Å². The fourth-order valence-electron chi connectivity index (χ4n) is 1.68. The number of ether oxygens (including phenoxy) is 1. The van der Waals surface area contributed by atoms with Crippen LogP contribution in [0.25, 0.3) is 0 Å². The van der Waals surface area contributed by atoms with Gasteiger partial charge in [0.25, 0.3) is 0 Å². The molecule has 1 amide bonds. The van der Waals surface area contributed by atoms with Crippen LogP contribution in [0, 0.1) is 11.3 Å². The van der Waals surface area contributed by atoms with Crippen LogP contribution in [0.15, 0.2) is 0 Å². The van der Waals surface area contributed by atoms with Crippen molar-refractivity contribution in [3.63, 3.8) is 0 Å². The quantitative estimate of drug-likeness (QED) is 0.636. The summed E-state index contributed by atoms with van der Waals surface area (Å²) in [6.07, 6.45) is 2.16. The molecule has 15 heavy (non-hydrogen) atoms. The Morgan fingerprint density at radius 1 is 1.60 bits per heavy atom. The van der Waals surface area contributed by atoms with Gasteiger partial charge in [-0.3, -0.25) is 9.69 Å². The van der Waals surface area contributed by atoms with Crippen molar-refractivity contribution in [1.82, 2.24) is 10.2 Å². The van der Waals surface area contributed by atoms with Crippen molar-refractivity contribution >= 4 is 5.91 Å². The molecule has 0 spiro atoms. The van der Waals surface area contributed by atoms with E-state index in [1.165, 1.54) is 0 Å². The fraction of sp³-hybridized carbons (Fsp3) is 0.800. The maximum absolute atomic E-state index is 11.8. The third kappa shape index (κ3) is 2.67. The second-order valence-corrected chi connectivity index (χ2v) is 4.00. The third-order valence-electron chi connectivity index (χ3n) is 2.74. The minimum Gasteiger partial charge on any atom is -0.378 e. The fourth-order valence-corrected chi connectivity index (χ4v) is 1.68. The van der Waals surface area contributed by atoms with Crippen molar-refractivity contribution in [1.29, 1.82) is 5.26 Å². The maximum Gasteiger partial charge on any atom is 0.239 e. The van der Waals surface area contributed by atoms with Gasteiger partial charge in [-0.25, -0.2) is 0 Å². The summed E-state index contributed by atoms with van der Waals surface area (Å²) in [5.41, 5.74) is 0. The maximum atomic E-state index is 11.8. The van der Waals surface area contributed by atoms with Gasteiger partial charge in [0.1, 0.15) is 6.04 Å². The molecule has 1 atom stereocenters. The molecular weight excluding hydrogens is 194 g/mol. The van der Waals surface area contributed by atoms with E-state index in [1.807, 2.05) is 4.90 Å². The average Bonchev–Trinajstić information content (AvgIpc) is 3.03. The standard InChI is InChI=1S/C10H15N3O2/c11-3-4-13-5-6-15-7-9(13)10(14)12-8-1-2-8/h8-9H,1-2,4-7H2,(H,12,14). The Bertz CT molecular complexity index is 283. The Hall–Kier alpha value is -1.12. The number of hydrogen-bond acceptors (Lipinski definition) is 4. The number of nitrogens with zero attached hydrogens (tertiary/aromatic N) is 2. The van der Waals surface area contributed by atoms with Gasteiger partial charge in [0, 0.05) is 12.6 Å². The smallest absolute Gasteiger partial charge is 0.239 e. The van der Waals surface area contributed by atoms with Gasteiger partial charge in [-0.2, -0.15) is 5.26 Å². The van der Waals surface area contributed by atoms with Crippen LogP contribution in [0.5, 0.6) is 0 Å². The van der Waals surface area contributed by atoms with Gasteiger partial charge < -0.3 is 10.1 Å². The van der Waals surface area contributed by atoms with Gasteiger partial charge in [0.15, 0.2) is 0 Å². The van der Waals surface area contributed by atoms with Crippen molar-refractivity contribution < 1.29 is 9.53 Å². The first-order valence-electron chi connectivity index (χ1n) is 5.30. The molecule has 82 valence electrons. The molecule has 1 aliphatic heterocycles. The third-order valence-corrected chi connectivity index (χ3v) is 2.74. The molecule has 2 fully saturated rings. The molecule has 0 aromatic rings. The molecule has 5 nitrogen and oxygen atoms in total. The molecule has 2 rings (SSSR count). The van der Waals surface area contributed by atoms with Crippen molar-refractivity contribution in [2.75, 3.05) is 26.3 Å². The number of carbonyl (C=O) groups is 1. The van der Waals surface area contributed by atoms with E-state index in [0.29, 0.717) is 32.3 Å². The number of rotatable bonds is 3. The zero-order valence-electron chi connectivity index (χ0n) is 8.61. The molecule has 5 heteroatoms. The first kappa shape index (κ1) is 10.4. The van der Waals surface area contributed by atoms with Crippen LogP contribution in [0.4, 0.5) is 0 Å². The molecule has 1 aliphatic carbocycles. The molecular formula is C10H15N3O2. The topological polar surface area (TPSA) is 65.4 Å². The second kappa shape index (κ2) is 4.60. The predicted molar refractivity (Wildman–Crippen MR) is 53.0 cm³/mol. The lowest BCUT2D eigenvalue weighted by atomic mass is 10.2. The zero-order valence-corrected chi connectivity index (χ0v) is 8.61. The van der Waals surface area contributed by atoms with Crippen LogP contribution in [-0.2, 0) is 9.53 Å². The molecule has 0 radical (unpaired) electrons. The Balaban J connectivity index is 1.90. The highest BCUT2D eigenvalue weighted by atomic mass is 16.5. The predicted octanol–water partition coefficient (Wildman–Crippen LogP) is -0.511. The summed E-state index contributed by atoms with van der Waals surface area (Å²) in [4.78, 5) is 13.7. The molecule has 1 saturated heterocycles. The van der Waals surface area contributed by atoms with Crippen LogP contribution >= 0.6 is 0 Å². The molecule has 0 aromatic heterocycles. The van der Waals surface area contributed by atoms with E-state index >= 15 is 0 Å². The summed E-state index contributed by atoms with van der Waals surface area (Å²) in [5, 5.41) is 11.6. The largest absolute Gasteiger partial charge is 0.378 e. The molecule has 1 unspecified atom stereocenters. The molecule has 1 saturated carbocycles. The molecule has 1 N–H and O–H groups in total. The normalized spacial score (nSPS) is 27.0. The van der Waals surface area contributed by atoms with Gasteiger partial charge in [-0.1, -0.05) is 0 Å². The summed E-state index contributed by atoms with van der Waals surface area (Å²) >= 11 is 0. The van der Waals surface area contributed by atoms with Crippen molar-refractivity contribution in [3.05, 3.63) is 0 Å². The number of nitrogens with one attached hydrogen (secondary N) is 1. The van der Waals surface area contributed by atoms with Gasteiger partial charge in [-0.15, -0.1) is 0 Å². The van der Waals surface area contributed by atoms with E-state index < -0.39 is 0 Å². The highest BCUT2D eigenvalue weighted by Gasteiger charge is 2.32. The van der Waals surface area contributed by atoms with E-state index in [0.717, 1.165) is 12.8 Å². The average molecular weight is 209 g/mol. The van der Waals surface area contributed by atoms with Crippen molar-refractivity contribution in [2.45, 2.75) is 24.9 Å². The first-order chi connectivity index (χ1) is 7.31. The minimum absolute atomic E-state index is 0.00690. The van der Waals surface area contributed by atoms with Gasteiger partial charge >= 0.3 is 0 Å². The van der Waals surface area contributed by atoms with Gasteiger partial charge in [0.05, 0.1) is 25.8 Å². The number of morpholine rings is 1. The lowest BCUT2D eigenvalue weighted by Gasteiger charge is -2.32. The van der Waals surface area contributed by atoms with E-state index in [4.69, 9.17) is 10.00 Å². The van der Waals surface area contributed by atoms with Gasteiger partial charge in [-0.05, 0) is 12.8 Å². The Morgan fingerprint density at radius 3 is 3.07 bits per heavy atom. The van der Waals surface area contributed by atoms with Crippen molar-refractivity contribution in [2.24, 2.45) is 0 Å². The van der Waals surface area contributed by atoms with E-state index in [9.17, 15) is 4.79 Å². The molecule has 1 heterocycles. The molecule has 2 aliphatic rings. The van der Waals surface area contributed by atoms with Crippen LogP contribution in [0.1, 0.15) is 12.8 Å². The monoisotopic (exact) mass is 209 g/mol. The molecule has 0 aromatic carbocycles. The van der Waals surface area contributed by atoms with Crippen LogP contribution < -0.4 is 5.32 Å². The zero-order chi connectivity index (χ0) is 10.7. The van der Waals surface area contributed by atoms with Crippen LogP contribution in [0.3, 0.4) is 0 Å². The van der Waals surface area contributed by atoms with Crippen LogP contribution in [-0.4, -0.2) is 49.2 Å². The van der Waals surface area contributed by atoms with Crippen LogP contribution in [0.2, 0.25) is 0 Å². The van der Waals surface area contributed by atoms with E-state index in [2.05, 4.69) is 11.4 Å². The summed E-state index contributed by atoms with van der Waals surface area (Å²) in [6, 6.07) is 2.17. The molecule has 0 bridgehead atoms. The first-order valence-corrected chi connectivity index (χ1v) is 5.30. The summed E-state index contributed by atoms with van der Waals surface area (Å²) in [7, 11) is 0. The summed E-state index contributed by atoms with van der Waals surface area (Å²) < 4.78 is 5.27. The van der Waals surface area contributed by atoms with E-state index in [-0.39, 0.29) is 11.9 Å². The second-order valence-electron chi connectivity index (χ2n) is 4.00. The lowest BCUT2D eigenvalue weighted by Crippen LogP contribution is -2.54. The number of carbonyl (C=O) groups excluding carboxylic acids is 1. The highest BCUT2D eigenvalue weighted by molar-refractivity contribution is 5.82. The Morgan fingerprint density at radius 2 is 2.40 bits per heavy atom.